The van der Waals surface area contributed by atoms with E-state index in [-0.39, 0.29) is 11.8 Å². The van der Waals surface area contributed by atoms with Crippen LogP contribution in [-0.2, 0) is 22.6 Å². The van der Waals surface area contributed by atoms with Crippen molar-refractivity contribution >= 4 is 11.8 Å². The minimum absolute atomic E-state index is 0.108. The van der Waals surface area contributed by atoms with E-state index in [4.69, 9.17) is 0 Å². The Morgan fingerprint density at radius 1 is 1.00 bits per heavy atom. The zero-order valence-corrected chi connectivity index (χ0v) is 18.1. The van der Waals surface area contributed by atoms with Crippen molar-refractivity contribution < 1.29 is 9.59 Å². The van der Waals surface area contributed by atoms with Crippen LogP contribution in [0.1, 0.15) is 44.1 Å². The number of carbonyl (C=O) groups excluding carboxylic acids is 2. The topological polar surface area (TPSA) is 84.2 Å². The van der Waals surface area contributed by atoms with Crippen LogP contribution in [0, 0.1) is 11.8 Å². The number of hydrogen-bond acceptors (Lipinski definition) is 5. The Hall–Kier alpha value is -2.77. The molecule has 166 valence electrons. The smallest absolute Gasteiger partial charge is 0.225 e. The molecule has 2 amide bonds. The molecule has 0 radical (unpaired) electrons. The van der Waals surface area contributed by atoms with Gasteiger partial charge < -0.3 is 9.80 Å². The molecule has 2 aliphatic heterocycles. The number of nitrogens with zero attached hydrogens (tertiary/aromatic N) is 6. The summed E-state index contributed by atoms with van der Waals surface area (Å²) >= 11 is 0. The standard InChI is InChI=1S/C23H32N6O2/c30-22(12-17-29-18-24-25-26-29)27-15-10-20(11-16-27)21-8-4-5-13-28(23(21)31)14-9-19-6-2-1-3-7-19/h1-3,6-7,18,20-21H,4-5,8-17H2/t21-/m0/s1. The minimum atomic E-state index is 0.108. The number of likely N-dealkylation sites (tertiary alicyclic amines) is 2. The zero-order chi connectivity index (χ0) is 21.5. The first-order valence-corrected chi connectivity index (χ1v) is 11.5. The highest BCUT2D eigenvalue weighted by molar-refractivity contribution is 5.79. The van der Waals surface area contributed by atoms with Crippen LogP contribution < -0.4 is 0 Å². The second kappa shape index (κ2) is 10.5. The van der Waals surface area contributed by atoms with Crippen molar-refractivity contribution in [1.29, 1.82) is 0 Å². The quantitative estimate of drug-likeness (QED) is 0.680. The number of hydrogen-bond donors (Lipinski definition) is 0. The van der Waals surface area contributed by atoms with Gasteiger partial charge >= 0.3 is 0 Å². The molecule has 0 N–H and O–H groups in total. The predicted molar refractivity (Wildman–Crippen MR) is 116 cm³/mol. The average Bonchev–Trinajstić information content (AvgIpc) is 3.27. The fraction of sp³-hybridized carbons (Fsp3) is 0.609. The molecule has 4 rings (SSSR count). The third-order valence-electron chi connectivity index (χ3n) is 6.74. The lowest BCUT2D eigenvalue weighted by Crippen LogP contribution is -2.44. The van der Waals surface area contributed by atoms with Gasteiger partial charge in [0.05, 0.1) is 6.54 Å². The first-order valence-electron chi connectivity index (χ1n) is 11.5. The lowest BCUT2D eigenvalue weighted by molar-refractivity contribution is -0.138. The van der Waals surface area contributed by atoms with Crippen molar-refractivity contribution in [1.82, 2.24) is 30.0 Å². The number of amides is 2. The van der Waals surface area contributed by atoms with Gasteiger partial charge in [0.25, 0.3) is 0 Å². The Bertz CT molecular complexity index is 833. The number of carbonyl (C=O) groups is 2. The second-order valence-electron chi connectivity index (χ2n) is 8.70. The van der Waals surface area contributed by atoms with Gasteiger partial charge in [0.2, 0.25) is 11.8 Å². The maximum absolute atomic E-state index is 13.3. The molecule has 2 aromatic rings. The Morgan fingerprint density at radius 3 is 2.55 bits per heavy atom. The molecule has 2 fully saturated rings. The summed E-state index contributed by atoms with van der Waals surface area (Å²) in [6.45, 7) is 3.66. The number of piperidine rings is 1. The number of aromatic nitrogens is 4. The van der Waals surface area contributed by atoms with Gasteiger partial charge in [-0.15, -0.1) is 5.10 Å². The van der Waals surface area contributed by atoms with E-state index in [0.29, 0.717) is 24.8 Å². The molecule has 2 aliphatic rings. The van der Waals surface area contributed by atoms with Crippen LogP contribution in [0.3, 0.4) is 0 Å². The molecule has 3 heterocycles. The highest BCUT2D eigenvalue weighted by atomic mass is 16.2. The summed E-state index contributed by atoms with van der Waals surface area (Å²) in [5.74, 6) is 0.965. The molecule has 1 atom stereocenters. The van der Waals surface area contributed by atoms with Gasteiger partial charge in [0, 0.05) is 38.5 Å². The van der Waals surface area contributed by atoms with Crippen LogP contribution in [0.25, 0.3) is 0 Å². The predicted octanol–water partition coefficient (Wildman–Crippen LogP) is 2.17. The molecule has 2 saturated heterocycles. The van der Waals surface area contributed by atoms with E-state index in [2.05, 4.69) is 44.7 Å². The molecule has 8 nitrogen and oxygen atoms in total. The van der Waals surface area contributed by atoms with Crippen LogP contribution in [0.4, 0.5) is 0 Å². The molecule has 0 saturated carbocycles. The van der Waals surface area contributed by atoms with E-state index < -0.39 is 0 Å². The number of tetrazole rings is 1. The molecule has 1 aromatic carbocycles. The SMILES string of the molecule is O=C(CCn1cnnn1)N1CCC([C@@H]2CCCCN(CCc3ccccc3)C2=O)CC1. The average molecular weight is 425 g/mol. The molecular formula is C23H32N6O2. The fourth-order valence-corrected chi connectivity index (χ4v) is 4.91. The van der Waals surface area contributed by atoms with E-state index >= 15 is 0 Å². The van der Waals surface area contributed by atoms with Gasteiger partial charge in [0.1, 0.15) is 6.33 Å². The van der Waals surface area contributed by atoms with Gasteiger partial charge in [0.15, 0.2) is 0 Å². The van der Waals surface area contributed by atoms with Crippen molar-refractivity contribution in [2.24, 2.45) is 11.8 Å². The van der Waals surface area contributed by atoms with Crippen molar-refractivity contribution in [2.45, 2.75) is 51.5 Å². The molecule has 1 aromatic heterocycles. The van der Waals surface area contributed by atoms with E-state index in [1.54, 1.807) is 4.68 Å². The molecular weight excluding hydrogens is 392 g/mol. The van der Waals surface area contributed by atoms with Crippen LogP contribution in [0.15, 0.2) is 36.7 Å². The van der Waals surface area contributed by atoms with E-state index in [1.807, 2.05) is 11.0 Å². The van der Waals surface area contributed by atoms with Crippen molar-refractivity contribution in [2.75, 3.05) is 26.2 Å². The highest BCUT2D eigenvalue weighted by Crippen LogP contribution is 2.32. The summed E-state index contributed by atoms with van der Waals surface area (Å²) in [5.41, 5.74) is 1.28. The van der Waals surface area contributed by atoms with Gasteiger partial charge in [-0.2, -0.15) is 0 Å². The largest absolute Gasteiger partial charge is 0.343 e. The van der Waals surface area contributed by atoms with Crippen LogP contribution in [0.5, 0.6) is 0 Å². The number of benzene rings is 1. The number of rotatable bonds is 7. The van der Waals surface area contributed by atoms with Crippen LogP contribution >= 0.6 is 0 Å². The Balaban J connectivity index is 1.27. The number of aryl methyl sites for hydroxylation is 1. The Morgan fingerprint density at radius 2 is 1.81 bits per heavy atom. The minimum Gasteiger partial charge on any atom is -0.343 e. The molecule has 0 unspecified atom stereocenters. The second-order valence-corrected chi connectivity index (χ2v) is 8.70. The normalized spacial score (nSPS) is 20.6. The van der Waals surface area contributed by atoms with Crippen molar-refractivity contribution in [3.05, 3.63) is 42.2 Å². The van der Waals surface area contributed by atoms with Crippen molar-refractivity contribution in [3.63, 3.8) is 0 Å². The molecule has 31 heavy (non-hydrogen) atoms. The summed E-state index contributed by atoms with van der Waals surface area (Å²) in [5, 5.41) is 11.0. The lowest BCUT2D eigenvalue weighted by Gasteiger charge is -2.36. The summed E-state index contributed by atoms with van der Waals surface area (Å²) in [6, 6.07) is 10.4. The monoisotopic (exact) mass is 424 g/mol. The molecule has 0 aliphatic carbocycles. The van der Waals surface area contributed by atoms with Crippen LogP contribution in [-0.4, -0.2) is 68.0 Å². The summed E-state index contributed by atoms with van der Waals surface area (Å²) < 4.78 is 1.58. The molecule has 8 heteroatoms. The van der Waals surface area contributed by atoms with Gasteiger partial charge in [-0.25, -0.2) is 4.68 Å². The Kier molecular flexibility index (Phi) is 7.27. The maximum Gasteiger partial charge on any atom is 0.225 e. The summed E-state index contributed by atoms with van der Waals surface area (Å²) in [7, 11) is 0. The fourth-order valence-electron chi connectivity index (χ4n) is 4.91. The van der Waals surface area contributed by atoms with E-state index in [9.17, 15) is 9.59 Å². The maximum atomic E-state index is 13.3. The first kappa shape index (κ1) is 21.5. The first-order chi connectivity index (χ1) is 15.2. The van der Waals surface area contributed by atoms with Gasteiger partial charge in [-0.05, 0) is 54.0 Å². The van der Waals surface area contributed by atoms with Gasteiger partial charge in [-0.3, -0.25) is 9.59 Å². The third-order valence-corrected chi connectivity index (χ3v) is 6.74. The Labute approximate surface area is 183 Å². The van der Waals surface area contributed by atoms with E-state index in [0.717, 1.165) is 64.7 Å². The molecule has 0 spiro atoms. The summed E-state index contributed by atoms with van der Waals surface area (Å²) in [4.78, 5) is 29.9. The zero-order valence-electron chi connectivity index (χ0n) is 18.1. The lowest BCUT2D eigenvalue weighted by atomic mass is 9.81. The molecule has 0 bridgehead atoms. The highest BCUT2D eigenvalue weighted by Gasteiger charge is 2.35. The third kappa shape index (κ3) is 5.68. The van der Waals surface area contributed by atoms with Gasteiger partial charge in [-0.1, -0.05) is 36.8 Å². The summed E-state index contributed by atoms with van der Waals surface area (Å²) in [6.07, 6.45) is 7.87. The van der Waals surface area contributed by atoms with Crippen molar-refractivity contribution in [3.8, 4) is 0 Å². The van der Waals surface area contributed by atoms with Crippen LogP contribution in [0.2, 0.25) is 0 Å². The van der Waals surface area contributed by atoms with E-state index in [1.165, 1.54) is 11.9 Å².